The van der Waals surface area contributed by atoms with Gasteiger partial charge >= 0.3 is 0 Å². The minimum absolute atomic E-state index is 0.0743. The van der Waals surface area contributed by atoms with Crippen molar-refractivity contribution < 1.29 is 9.53 Å². The first-order valence-corrected chi connectivity index (χ1v) is 12.9. The second-order valence-electron chi connectivity index (χ2n) is 10.2. The number of ether oxygens (including phenoxy) is 1. The number of nitrogens with zero attached hydrogens (tertiary/aromatic N) is 8. The first-order chi connectivity index (χ1) is 17.9. The quantitative estimate of drug-likeness (QED) is 0.546. The normalized spacial score (nSPS) is 19.9. The van der Waals surface area contributed by atoms with Crippen LogP contribution in [0.2, 0.25) is 0 Å². The minimum atomic E-state index is -0.340. The fraction of sp³-hybridized carbons (Fsp3) is 0.481. The summed E-state index contributed by atoms with van der Waals surface area (Å²) in [7, 11) is 3.88. The first-order valence-electron chi connectivity index (χ1n) is 12.9. The maximum Gasteiger partial charge on any atom is 0.219 e. The zero-order valence-corrected chi connectivity index (χ0v) is 21.6. The van der Waals surface area contributed by atoms with E-state index in [9.17, 15) is 10.1 Å². The summed E-state index contributed by atoms with van der Waals surface area (Å²) in [4.78, 5) is 18.5. The van der Waals surface area contributed by atoms with Crippen LogP contribution in [-0.4, -0.2) is 69.8 Å². The van der Waals surface area contributed by atoms with Crippen LogP contribution in [0.4, 0.5) is 17.2 Å². The Kier molecular flexibility index (Phi) is 5.88. The molecule has 37 heavy (non-hydrogen) atoms. The maximum atomic E-state index is 12.3. The first kappa shape index (κ1) is 23.6. The van der Waals surface area contributed by atoms with Crippen LogP contribution in [0.1, 0.15) is 37.1 Å². The molecule has 0 aliphatic carbocycles. The maximum absolute atomic E-state index is 12.3. The van der Waals surface area contributed by atoms with Crippen LogP contribution in [0.25, 0.3) is 11.1 Å². The number of carbonyl (C=O) groups excluding carboxylic acids is 1. The molecule has 192 valence electrons. The van der Waals surface area contributed by atoms with Gasteiger partial charge in [0.15, 0.2) is 5.82 Å². The van der Waals surface area contributed by atoms with Gasteiger partial charge in [-0.3, -0.25) is 14.2 Å². The lowest BCUT2D eigenvalue weighted by atomic mass is 10.0. The zero-order valence-electron chi connectivity index (χ0n) is 21.6. The largest absolute Gasteiger partial charge is 0.381 e. The highest BCUT2D eigenvalue weighted by Crippen LogP contribution is 2.44. The van der Waals surface area contributed by atoms with Gasteiger partial charge in [0.1, 0.15) is 6.04 Å². The number of aromatic nitrogens is 4. The van der Waals surface area contributed by atoms with Crippen LogP contribution in [0.5, 0.6) is 0 Å². The summed E-state index contributed by atoms with van der Waals surface area (Å²) in [5.74, 6) is 0.932. The number of hydrogen-bond acceptors (Lipinski definition) is 7. The molecule has 2 aromatic heterocycles. The van der Waals surface area contributed by atoms with Gasteiger partial charge in [0.2, 0.25) is 5.91 Å². The molecule has 1 unspecified atom stereocenters. The summed E-state index contributed by atoms with van der Waals surface area (Å²) in [6.45, 7) is 4.84. The molecule has 0 spiro atoms. The van der Waals surface area contributed by atoms with Crippen LogP contribution in [-0.2, 0) is 29.5 Å². The average Bonchev–Trinajstić information content (AvgIpc) is 3.53. The second-order valence-corrected chi connectivity index (χ2v) is 10.2. The van der Waals surface area contributed by atoms with E-state index in [0.29, 0.717) is 19.6 Å². The van der Waals surface area contributed by atoms with Crippen LogP contribution in [0, 0.1) is 11.3 Å². The van der Waals surface area contributed by atoms with Crippen LogP contribution < -0.4 is 9.80 Å². The van der Waals surface area contributed by atoms with E-state index < -0.39 is 0 Å². The molecular weight excluding hydrogens is 468 g/mol. The van der Waals surface area contributed by atoms with Gasteiger partial charge in [0.05, 0.1) is 42.8 Å². The highest BCUT2D eigenvalue weighted by Gasteiger charge is 2.36. The Morgan fingerprint density at radius 2 is 1.97 bits per heavy atom. The van der Waals surface area contributed by atoms with Crippen molar-refractivity contribution in [1.82, 2.24) is 24.5 Å². The topological polar surface area (TPSA) is 95.5 Å². The van der Waals surface area contributed by atoms with Gasteiger partial charge < -0.3 is 19.4 Å². The Labute approximate surface area is 216 Å². The van der Waals surface area contributed by atoms with E-state index in [1.165, 1.54) is 5.69 Å². The third-order valence-electron chi connectivity index (χ3n) is 7.96. The third-order valence-corrected chi connectivity index (χ3v) is 7.96. The van der Waals surface area contributed by atoms with Gasteiger partial charge in [0, 0.05) is 70.2 Å². The van der Waals surface area contributed by atoms with Crippen molar-refractivity contribution >= 4 is 23.1 Å². The molecule has 3 aliphatic rings. The molecule has 10 nitrogen and oxygen atoms in total. The van der Waals surface area contributed by atoms with Crippen molar-refractivity contribution in [2.75, 3.05) is 43.2 Å². The summed E-state index contributed by atoms with van der Waals surface area (Å²) in [6.07, 6.45) is 6.48. The van der Waals surface area contributed by atoms with Gasteiger partial charge in [-0.2, -0.15) is 15.5 Å². The van der Waals surface area contributed by atoms with Gasteiger partial charge in [-0.05, 0) is 30.5 Å². The van der Waals surface area contributed by atoms with Crippen molar-refractivity contribution in [2.24, 2.45) is 7.05 Å². The lowest BCUT2D eigenvalue weighted by Gasteiger charge is -2.40. The number of likely N-dealkylation sites (N-methyl/N-ethyl adjacent to an activating group) is 1. The van der Waals surface area contributed by atoms with Gasteiger partial charge in [-0.15, -0.1) is 0 Å². The molecule has 0 radical (unpaired) electrons. The highest BCUT2D eigenvalue weighted by atomic mass is 16.5. The summed E-state index contributed by atoms with van der Waals surface area (Å²) in [5.41, 5.74) is 6.38. The number of carbonyl (C=O) groups is 1. The Morgan fingerprint density at radius 1 is 1.16 bits per heavy atom. The molecule has 1 saturated heterocycles. The number of aryl methyl sites for hydroxylation is 1. The fourth-order valence-corrected chi connectivity index (χ4v) is 5.82. The van der Waals surface area contributed by atoms with Gasteiger partial charge in [0.25, 0.3) is 0 Å². The van der Waals surface area contributed by atoms with Gasteiger partial charge in [-0.1, -0.05) is 6.07 Å². The van der Waals surface area contributed by atoms with Crippen LogP contribution >= 0.6 is 0 Å². The Bertz CT molecular complexity index is 1380. The number of benzene rings is 1. The van der Waals surface area contributed by atoms with E-state index in [1.807, 2.05) is 31.4 Å². The molecule has 0 saturated carbocycles. The Morgan fingerprint density at radius 3 is 2.68 bits per heavy atom. The lowest BCUT2D eigenvalue weighted by Crippen LogP contribution is -2.45. The van der Waals surface area contributed by atoms with E-state index in [4.69, 9.17) is 9.84 Å². The number of fused-ring (bicyclic) bond motifs is 2. The van der Waals surface area contributed by atoms with Crippen LogP contribution in [0.3, 0.4) is 0 Å². The number of hydrogen-bond donors (Lipinski definition) is 0. The molecular formula is C27H32N8O2. The summed E-state index contributed by atoms with van der Waals surface area (Å²) in [6, 6.07) is 8.79. The van der Waals surface area contributed by atoms with E-state index in [1.54, 1.807) is 11.6 Å². The predicted octanol–water partition coefficient (Wildman–Crippen LogP) is 3.02. The molecule has 6 rings (SSSR count). The number of anilines is 3. The molecule has 5 heterocycles. The number of rotatable bonds is 3. The second kappa shape index (κ2) is 9.23. The third kappa shape index (κ3) is 4.03. The molecule has 0 N–H and O–H groups in total. The molecule has 3 aliphatic heterocycles. The molecule has 3 aromatic rings. The molecule has 0 bridgehead atoms. The summed E-state index contributed by atoms with van der Waals surface area (Å²) >= 11 is 0. The smallest absolute Gasteiger partial charge is 0.219 e. The van der Waals surface area contributed by atoms with Crippen molar-refractivity contribution in [3.63, 3.8) is 0 Å². The number of nitriles is 1. The lowest BCUT2D eigenvalue weighted by molar-refractivity contribution is -0.129. The Balaban J connectivity index is 1.47. The molecule has 1 atom stereocenters. The van der Waals surface area contributed by atoms with Crippen molar-refractivity contribution in [3.8, 4) is 17.2 Å². The highest BCUT2D eigenvalue weighted by molar-refractivity contribution is 5.85. The molecule has 1 aromatic carbocycles. The van der Waals surface area contributed by atoms with E-state index in [-0.39, 0.29) is 18.0 Å². The predicted molar refractivity (Wildman–Crippen MR) is 140 cm³/mol. The van der Waals surface area contributed by atoms with Crippen molar-refractivity contribution in [3.05, 3.63) is 41.9 Å². The summed E-state index contributed by atoms with van der Waals surface area (Å²) < 4.78 is 9.61. The van der Waals surface area contributed by atoms with E-state index in [0.717, 1.165) is 66.4 Å². The van der Waals surface area contributed by atoms with E-state index >= 15 is 0 Å². The monoisotopic (exact) mass is 500 g/mol. The fourth-order valence-electron chi connectivity index (χ4n) is 5.82. The number of amides is 1. The summed E-state index contributed by atoms with van der Waals surface area (Å²) in [5, 5.41) is 19.6. The van der Waals surface area contributed by atoms with Gasteiger partial charge in [-0.25, -0.2) is 0 Å². The average molecular weight is 501 g/mol. The Hall–Kier alpha value is -3.84. The molecule has 1 amide bonds. The standard InChI is InChI=1S/C27H32N8O2/c1-18(36)33-9-6-24-23(17-33)27(30-35(24)21-7-10-37-11-8-21)34-16-22(13-28)32(3)26-12-19(4-5-25(26)34)20-14-29-31(2)15-20/h4-5,12,14-15,21-22H,6-11,16-17H2,1-3H3. The minimum Gasteiger partial charge on any atom is -0.381 e. The van der Waals surface area contributed by atoms with E-state index in [2.05, 4.69) is 43.8 Å². The van der Waals surface area contributed by atoms with Crippen molar-refractivity contribution in [1.29, 1.82) is 5.26 Å². The van der Waals surface area contributed by atoms with Crippen LogP contribution in [0.15, 0.2) is 30.6 Å². The molecule has 1 fully saturated rings. The molecule has 10 heteroatoms. The van der Waals surface area contributed by atoms with Crippen molar-refractivity contribution in [2.45, 2.75) is 44.8 Å². The zero-order chi connectivity index (χ0) is 25.7. The SMILES string of the molecule is CC(=O)N1CCc2c(c(N3CC(C#N)N(C)c4cc(-c5cnn(C)c5)ccc43)nn2C2CCOCC2)C1.